The monoisotopic (exact) mass is 275 g/mol. The van der Waals surface area contributed by atoms with Gasteiger partial charge in [0.1, 0.15) is 5.82 Å². The quantitative estimate of drug-likeness (QED) is 0.843. The Balaban J connectivity index is 2.00. The molecule has 2 nitrogen and oxygen atoms in total. The number of hydrogen-bond acceptors (Lipinski definition) is 2. The smallest absolute Gasteiger partial charge is 0.128 e. The van der Waals surface area contributed by atoms with E-state index in [4.69, 9.17) is 21.6 Å². The van der Waals surface area contributed by atoms with Gasteiger partial charge in [-0.3, -0.25) is 0 Å². The standard InChI is InChI=1S/C15H11ClFNO/c16-14-4-2-1-3-12(14)9-19-10-13-7-11(8-18)5-6-15(13)17/h1-7H,9-10H2. The molecule has 2 rings (SSSR count). The Hall–Kier alpha value is -1.89. The summed E-state index contributed by atoms with van der Waals surface area (Å²) in [7, 11) is 0. The van der Waals surface area contributed by atoms with Crippen molar-refractivity contribution in [1.29, 1.82) is 5.26 Å². The predicted octanol–water partition coefficient (Wildman–Crippen LogP) is 4.07. The van der Waals surface area contributed by atoms with Crippen molar-refractivity contribution in [1.82, 2.24) is 0 Å². The maximum atomic E-state index is 13.5. The van der Waals surface area contributed by atoms with E-state index in [0.717, 1.165) is 5.56 Å². The predicted molar refractivity (Wildman–Crippen MR) is 71.1 cm³/mol. The van der Waals surface area contributed by atoms with Gasteiger partial charge in [0.2, 0.25) is 0 Å². The highest BCUT2D eigenvalue weighted by molar-refractivity contribution is 6.31. The second-order valence-electron chi connectivity index (χ2n) is 4.00. The van der Waals surface area contributed by atoms with Crippen LogP contribution in [0.5, 0.6) is 0 Å². The lowest BCUT2D eigenvalue weighted by molar-refractivity contribution is 0.105. The van der Waals surface area contributed by atoms with Gasteiger partial charge in [-0.05, 0) is 29.8 Å². The highest BCUT2D eigenvalue weighted by Crippen LogP contribution is 2.17. The van der Waals surface area contributed by atoms with Gasteiger partial charge in [0.05, 0.1) is 24.8 Å². The van der Waals surface area contributed by atoms with Crippen molar-refractivity contribution in [3.8, 4) is 6.07 Å². The molecule has 0 N–H and O–H groups in total. The lowest BCUT2D eigenvalue weighted by atomic mass is 10.1. The van der Waals surface area contributed by atoms with Crippen molar-refractivity contribution in [3.63, 3.8) is 0 Å². The molecule has 0 unspecified atom stereocenters. The van der Waals surface area contributed by atoms with Crippen molar-refractivity contribution >= 4 is 11.6 Å². The molecule has 0 fully saturated rings. The fourth-order valence-electron chi connectivity index (χ4n) is 1.64. The molecular weight excluding hydrogens is 265 g/mol. The second-order valence-corrected chi connectivity index (χ2v) is 4.41. The second kappa shape index (κ2) is 6.33. The number of ether oxygens (including phenoxy) is 1. The molecule has 0 radical (unpaired) electrons. The average Bonchev–Trinajstić information content (AvgIpc) is 2.43. The van der Waals surface area contributed by atoms with Crippen LogP contribution in [0, 0.1) is 17.1 Å². The maximum Gasteiger partial charge on any atom is 0.128 e. The fraction of sp³-hybridized carbons (Fsp3) is 0.133. The fourth-order valence-corrected chi connectivity index (χ4v) is 1.83. The summed E-state index contributed by atoms with van der Waals surface area (Å²) in [5.41, 5.74) is 1.63. The van der Waals surface area contributed by atoms with Gasteiger partial charge in [0.15, 0.2) is 0 Å². The zero-order valence-electron chi connectivity index (χ0n) is 10.1. The molecule has 0 saturated carbocycles. The Kier molecular flexibility index (Phi) is 4.51. The molecular formula is C15H11ClFNO. The lowest BCUT2D eigenvalue weighted by Crippen LogP contribution is -1.98. The van der Waals surface area contributed by atoms with Crippen LogP contribution in [0.4, 0.5) is 4.39 Å². The van der Waals surface area contributed by atoms with Gasteiger partial charge in [0, 0.05) is 10.6 Å². The van der Waals surface area contributed by atoms with E-state index in [-0.39, 0.29) is 12.4 Å². The molecule has 0 aliphatic rings. The molecule has 4 heteroatoms. The van der Waals surface area contributed by atoms with Crippen LogP contribution in [0.15, 0.2) is 42.5 Å². The molecule has 0 aliphatic heterocycles. The Morgan fingerprint density at radius 2 is 1.84 bits per heavy atom. The van der Waals surface area contributed by atoms with E-state index < -0.39 is 0 Å². The first-order chi connectivity index (χ1) is 9.20. The Morgan fingerprint density at radius 1 is 1.11 bits per heavy atom. The topological polar surface area (TPSA) is 33.0 Å². The molecule has 0 spiro atoms. The van der Waals surface area contributed by atoms with E-state index in [1.54, 1.807) is 6.07 Å². The van der Waals surface area contributed by atoms with Gasteiger partial charge in [-0.15, -0.1) is 0 Å². The number of nitrogens with zero attached hydrogens (tertiary/aromatic N) is 1. The third kappa shape index (κ3) is 3.54. The van der Waals surface area contributed by atoms with Crippen molar-refractivity contribution in [2.45, 2.75) is 13.2 Å². The number of rotatable bonds is 4. The molecule has 2 aromatic rings. The van der Waals surface area contributed by atoms with Gasteiger partial charge >= 0.3 is 0 Å². The van der Waals surface area contributed by atoms with E-state index in [1.165, 1.54) is 18.2 Å². The van der Waals surface area contributed by atoms with E-state index in [2.05, 4.69) is 0 Å². The number of hydrogen-bond donors (Lipinski definition) is 0. The van der Waals surface area contributed by atoms with Crippen LogP contribution in [0.2, 0.25) is 5.02 Å². The highest BCUT2D eigenvalue weighted by Gasteiger charge is 2.05. The van der Waals surface area contributed by atoms with Crippen molar-refractivity contribution < 1.29 is 9.13 Å². The highest BCUT2D eigenvalue weighted by atomic mass is 35.5. The number of halogens is 2. The first kappa shape index (κ1) is 13.5. The van der Waals surface area contributed by atoms with Gasteiger partial charge in [-0.2, -0.15) is 5.26 Å². The van der Waals surface area contributed by atoms with Gasteiger partial charge in [-0.1, -0.05) is 29.8 Å². The van der Waals surface area contributed by atoms with Crippen molar-refractivity contribution in [3.05, 3.63) is 70.0 Å². The largest absolute Gasteiger partial charge is 0.372 e. The van der Waals surface area contributed by atoms with E-state index in [0.29, 0.717) is 22.8 Å². The SMILES string of the molecule is N#Cc1ccc(F)c(COCc2ccccc2Cl)c1. The van der Waals surface area contributed by atoms with Gasteiger partial charge in [0.25, 0.3) is 0 Å². The molecule has 0 aromatic heterocycles. The molecule has 0 heterocycles. The normalized spacial score (nSPS) is 10.2. The minimum atomic E-state index is -0.377. The summed E-state index contributed by atoms with van der Waals surface area (Å²) >= 11 is 5.99. The van der Waals surface area contributed by atoms with E-state index >= 15 is 0 Å². The third-order valence-electron chi connectivity index (χ3n) is 2.65. The van der Waals surface area contributed by atoms with Crippen LogP contribution >= 0.6 is 11.6 Å². The first-order valence-corrected chi connectivity index (χ1v) is 6.08. The zero-order valence-corrected chi connectivity index (χ0v) is 10.8. The van der Waals surface area contributed by atoms with Crippen LogP contribution < -0.4 is 0 Å². The molecule has 0 bridgehead atoms. The van der Waals surface area contributed by atoms with Crippen molar-refractivity contribution in [2.75, 3.05) is 0 Å². The van der Waals surface area contributed by atoms with Gasteiger partial charge in [-0.25, -0.2) is 4.39 Å². The summed E-state index contributed by atoms with van der Waals surface area (Å²) in [4.78, 5) is 0. The van der Waals surface area contributed by atoms with Crippen LogP contribution in [-0.4, -0.2) is 0 Å². The van der Waals surface area contributed by atoms with Crippen LogP contribution in [0.3, 0.4) is 0 Å². The molecule has 0 atom stereocenters. The van der Waals surface area contributed by atoms with E-state index in [1.807, 2.05) is 24.3 Å². The Labute approximate surface area is 116 Å². The Morgan fingerprint density at radius 3 is 2.58 bits per heavy atom. The summed E-state index contributed by atoms with van der Waals surface area (Å²) in [6, 6.07) is 13.5. The summed E-state index contributed by atoms with van der Waals surface area (Å²) in [5.74, 6) is -0.377. The van der Waals surface area contributed by atoms with Crippen LogP contribution in [0.1, 0.15) is 16.7 Å². The summed E-state index contributed by atoms with van der Waals surface area (Å²) < 4.78 is 18.9. The summed E-state index contributed by atoms with van der Waals surface area (Å²) in [6.45, 7) is 0.405. The van der Waals surface area contributed by atoms with Crippen LogP contribution in [-0.2, 0) is 18.0 Å². The molecule has 2 aromatic carbocycles. The minimum absolute atomic E-state index is 0.104. The maximum absolute atomic E-state index is 13.5. The van der Waals surface area contributed by atoms with E-state index in [9.17, 15) is 4.39 Å². The average molecular weight is 276 g/mol. The molecule has 0 aliphatic carbocycles. The number of nitriles is 1. The first-order valence-electron chi connectivity index (χ1n) is 5.70. The van der Waals surface area contributed by atoms with Crippen LogP contribution in [0.25, 0.3) is 0 Å². The molecule has 0 amide bonds. The van der Waals surface area contributed by atoms with Gasteiger partial charge < -0.3 is 4.74 Å². The van der Waals surface area contributed by atoms with Crippen molar-refractivity contribution in [2.24, 2.45) is 0 Å². The summed E-state index contributed by atoms with van der Waals surface area (Å²) in [5, 5.41) is 9.38. The number of benzene rings is 2. The Bertz CT molecular complexity index is 622. The molecule has 96 valence electrons. The molecule has 0 saturated heterocycles. The minimum Gasteiger partial charge on any atom is -0.372 e. The lowest BCUT2D eigenvalue weighted by Gasteiger charge is -2.07. The summed E-state index contributed by atoms with van der Waals surface area (Å²) in [6.07, 6.45) is 0. The zero-order chi connectivity index (χ0) is 13.7. The molecule has 19 heavy (non-hydrogen) atoms. The third-order valence-corrected chi connectivity index (χ3v) is 3.02.